The number of aryl methyl sites for hydroxylation is 2. The van der Waals surface area contributed by atoms with Gasteiger partial charge in [-0.1, -0.05) is 24.6 Å². The highest BCUT2D eigenvalue weighted by atomic mass is 16.4. The van der Waals surface area contributed by atoms with Crippen molar-refractivity contribution >= 4 is 11.7 Å². The van der Waals surface area contributed by atoms with E-state index >= 15 is 0 Å². The molecule has 0 radical (unpaired) electrons. The van der Waals surface area contributed by atoms with E-state index in [0.717, 1.165) is 11.3 Å². The molecule has 88 valence electrons. The van der Waals surface area contributed by atoms with Crippen LogP contribution in [0.3, 0.4) is 0 Å². The van der Waals surface area contributed by atoms with Crippen LogP contribution in [0.5, 0.6) is 0 Å². The molecular weight excluding hydrogens is 202 g/mol. The maximum Gasteiger partial charge on any atom is 0.326 e. The molecule has 0 bridgehead atoms. The zero-order valence-electron chi connectivity index (χ0n) is 10.3. The third kappa shape index (κ3) is 2.54. The van der Waals surface area contributed by atoms with E-state index < -0.39 is 12.0 Å². The molecule has 1 rings (SSSR count). The van der Waals surface area contributed by atoms with Crippen molar-refractivity contribution in [2.75, 3.05) is 11.9 Å². The summed E-state index contributed by atoms with van der Waals surface area (Å²) in [6.07, 6.45) is 0.596. The summed E-state index contributed by atoms with van der Waals surface area (Å²) in [6, 6.07) is 5.60. The summed E-state index contributed by atoms with van der Waals surface area (Å²) in [5, 5.41) is 9.11. The minimum Gasteiger partial charge on any atom is -0.480 e. The molecule has 0 aliphatic carbocycles. The fraction of sp³-hybridized carbons (Fsp3) is 0.462. The number of nitrogens with zero attached hydrogens (tertiary/aromatic N) is 1. The van der Waals surface area contributed by atoms with Crippen molar-refractivity contribution in [1.29, 1.82) is 0 Å². The summed E-state index contributed by atoms with van der Waals surface area (Å²) in [6.45, 7) is 5.93. The summed E-state index contributed by atoms with van der Waals surface area (Å²) < 4.78 is 0. The molecule has 0 fully saturated rings. The zero-order chi connectivity index (χ0) is 12.3. The van der Waals surface area contributed by atoms with Crippen LogP contribution in [0.1, 0.15) is 24.5 Å². The van der Waals surface area contributed by atoms with Gasteiger partial charge in [-0.25, -0.2) is 4.79 Å². The Morgan fingerprint density at radius 1 is 1.44 bits per heavy atom. The number of carboxylic acids is 1. The summed E-state index contributed by atoms with van der Waals surface area (Å²) in [5.41, 5.74) is 3.29. The van der Waals surface area contributed by atoms with Crippen LogP contribution in [0.2, 0.25) is 0 Å². The fourth-order valence-corrected chi connectivity index (χ4v) is 1.98. The molecule has 0 unspecified atom stereocenters. The van der Waals surface area contributed by atoms with Gasteiger partial charge in [-0.2, -0.15) is 0 Å². The smallest absolute Gasteiger partial charge is 0.326 e. The second kappa shape index (κ2) is 5.01. The van der Waals surface area contributed by atoms with E-state index in [1.54, 1.807) is 0 Å². The van der Waals surface area contributed by atoms with Crippen LogP contribution in [-0.4, -0.2) is 24.2 Å². The lowest BCUT2D eigenvalue weighted by Crippen LogP contribution is -2.38. The van der Waals surface area contributed by atoms with Gasteiger partial charge < -0.3 is 10.0 Å². The van der Waals surface area contributed by atoms with Crippen molar-refractivity contribution in [2.24, 2.45) is 0 Å². The van der Waals surface area contributed by atoms with Gasteiger partial charge in [0.2, 0.25) is 0 Å². The predicted molar refractivity (Wildman–Crippen MR) is 66.0 cm³/mol. The van der Waals surface area contributed by atoms with E-state index in [9.17, 15) is 4.79 Å². The highest BCUT2D eigenvalue weighted by Gasteiger charge is 2.21. The molecule has 0 aliphatic heterocycles. The maximum atomic E-state index is 11.1. The number of likely N-dealkylation sites (N-methyl/N-ethyl adjacent to an activating group) is 1. The predicted octanol–water partition coefficient (Wildman–Crippen LogP) is 2.60. The first-order valence-corrected chi connectivity index (χ1v) is 5.50. The lowest BCUT2D eigenvalue weighted by molar-refractivity contribution is -0.138. The van der Waals surface area contributed by atoms with E-state index in [1.807, 2.05) is 44.9 Å². The molecular formula is C13H19NO2. The normalized spacial score (nSPS) is 12.2. The molecule has 1 aromatic carbocycles. The number of aliphatic carboxylic acids is 1. The first kappa shape index (κ1) is 12.6. The standard InChI is InChI=1S/C13H19NO2/c1-5-11(13(15)16)14(4)12-7-6-9(2)8-10(12)3/h6-8,11H,5H2,1-4H3,(H,15,16)/t11-/m0/s1. The number of hydrogen-bond donors (Lipinski definition) is 1. The van der Waals surface area contributed by atoms with Gasteiger partial charge in [0, 0.05) is 12.7 Å². The first-order chi connectivity index (χ1) is 7.47. The lowest BCUT2D eigenvalue weighted by atomic mass is 10.1. The Bertz CT molecular complexity index is 388. The second-order valence-corrected chi connectivity index (χ2v) is 4.16. The van der Waals surface area contributed by atoms with Gasteiger partial charge in [-0.05, 0) is 31.9 Å². The summed E-state index contributed by atoms with van der Waals surface area (Å²) in [4.78, 5) is 12.9. The third-order valence-electron chi connectivity index (χ3n) is 2.87. The molecule has 0 spiro atoms. The van der Waals surface area contributed by atoms with Crippen LogP contribution >= 0.6 is 0 Å². The van der Waals surface area contributed by atoms with Gasteiger partial charge in [0.1, 0.15) is 6.04 Å². The molecule has 0 aliphatic rings. The van der Waals surface area contributed by atoms with Crippen LogP contribution in [0.4, 0.5) is 5.69 Å². The van der Waals surface area contributed by atoms with Gasteiger partial charge in [0.25, 0.3) is 0 Å². The van der Waals surface area contributed by atoms with Crippen LogP contribution in [-0.2, 0) is 4.79 Å². The molecule has 3 heteroatoms. The van der Waals surface area contributed by atoms with Gasteiger partial charge in [-0.3, -0.25) is 0 Å². The largest absolute Gasteiger partial charge is 0.480 e. The van der Waals surface area contributed by atoms with E-state index in [4.69, 9.17) is 5.11 Å². The van der Waals surface area contributed by atoms with Crippen molar-refractivity contribution in [2.45, 2.75) is 33.2 Å². The molecule has 0 amide bonds. The van der Waals surface area contributed by atoms with E-state index in [1.165, 1.54) is 5.56 Å². The molecule has 1 aromatic rings. The fourth-order valence-electron chi connectivity index (χ4n) is 1.98. The minimum absolute atomic E-state index is 0.457. The number of rotatable bonds is 4. The minimum atomic E-state index is -0.773. The van der Waals surface area contributed by atoms with E-state index in [-0.39, 0.29) is 0 Å². The average molecular weight is 221 g/mol. The molecule has 3 nitrogen and oxygen atoms in total. The molecule has 1 atom stereocenters. The Morgan fingerprint density at radius 2 is 2.06 bits per heavy atom. The molecule has 0 saturated heterocycles. The van der Waals surface area contributed by atoms with Gasteiger partial charge in [-0.15, -0.1) is 0 Å². The van der Waals surface area contributed by atoms with E-state index in [2.05, 4.69) is 6.07 Å². The Morgan fingerprint density at radius 3 is 2.50 bits per heavy atom. The van der Waals surface area contributed by atoms with Crippen molar-refractivity contribution in [1.82, 2.24) is 0 Å². The number of carbonyl (C=O) groups is 1. The molecule has 0 saturated carbocycles. The van der Waals surface area contributed by atoms with Crippen molar-refractivity contribution in [3.63, 3.8) is 0 Å². The number of carboxylic acid groups (broad SMARTS) is 1. The highest BCUT2D eigenvalue weighted by molar-refractivity contribution is 5.78. The molecule has 1 N–H and O–H groups in total. The summed E-state index contributed by atoms with van der Waals surface area (Å²) in [7, 11) is 1.83. The second-order valence-electron chi connectivity index (χ2n) is 4.16. The van der Waals surface area contributed by atoms with Gasteiger partial charge in [0.15, 0.2) is 0 Å². The van der Waals surface area contributed by atoms with Crippen molar-refractivity contribution in [3.8, 4) is 0 Å². The SMILES string of the molecule is CC[C@@H](C(=O)O)N(C)c1ccc(C)cc1C. The Labute approximate surface area is 96.7 Å². The highest BCUT2D eigenvalue weighted by Crippen LogP contribution is 2.22. The average Bonchev–Trinajstić information content (AvgIpc) is 2.17. The van der Waals surface area contributed by atoms with Gasteiger partial charge >= 0.3 is 5.97 Å². The third-order valence-corrected chi connectivity index (χ3v) is 2.87. The number of benzene rings is 1. The Hall–Kier alpha value is -1.51. The quantitative estimate of drug-likeness (QED) is 0.849. The van der Waals surface area contributed by atoms with Crippen LogP contribution in [0.15, 0.2) is 18.2 Å². The van der Waals surface area contributed by atoms with Crippen molar-refractivity contribution < 1.29 is 9.90 Å². The monoisotopic (exact) mass is 221 g/mol. The van der Waals surface area contributed by atoms with Crippen LogP contribution < -0.4 is 4.90 Å². The first-order valence-electron chi connectivity index (χ1n) is 5.50. The summed E-state index contributed by atoms with van der Waals surface area (Å²) in [5.74, 6) is -0.773. The zero-order valence-corrected chi connectivity index (χ0v) is 10.3. The topological polar surface area (TPSA) is 40.5 Å². The van der Waals surface area contributed by atoms with E-state index in [0.29, 0.717) is 6.42 Å². The Kier molecular flexibility index (Phi) is 3.93. The Balaban J connectivity index is 3.03. The maximum absolute atomic E-state index is 11.1. The molecule has 0 aromatic heterocycles. The lowest BCUT2D eigenvalue weighted by Gasteiger charge is -2.27. The summed E-state index contributed by atoms with van der Waals surface area (Å²) >= 11 is 0. The van der Waals surface area contributed by atoms with Crippen molar-refractivity contribution in [3.05, 3.63) is 29.3 Å². The number of anilines is 1. The molecule has 0 heterocycles. The number of hydrogen-bond acceptors (Lipinski definition) is 2. The molecule has 16 heavy (non-hydrogen) atoms. The van der Waals surface area contributed by atoms with Crippen LogP contribution in [0.25, 0.3) is 0 Å². The van der Waals surface area contributed by atoms with Gasteiger partial charge in [0.05, 0.1) is 0 Å². The van der Waals surface area contributed by atoms with Crippen LogP contribution in [0, 0.1) is 13.8 Å².